The van der Waals surface area contributed by atoms with E-state index in [1.807, 2.05) is 15.9 Å². The van der Waals surface area contributed by atoms with Gasteiger partial charge in [-0.15, -0.1) is 0 Å². The topological polar surface area (TPSA) is 128 Å². The minimum atomic E-state index is -0.565. The van der Waals surface area contributed by atoms with Gasteiger partial charge >= 0.3 is 0 Å². The number of nitriles is 1. The van der Waals surface area contributed by atoms with Gasteiger partial charge in [-0.2, -0.15) is 5.26 Å². The first-order valence-corrected chi connectivity index (χ1v) is 8.50. The van der Waals surface area contributed by atoms with Crippen LogP contribution in [0.4, 0.5) is 17.3 Å². The van der Waals surface area contributed by atoms with Crippen molar-refractivity contribution < 1.29 is 9.72 Å². The van der Waals surface area contributed by atoms with Crippen LogP contribution in [0.25, 0.3) is 0 Å². The number of nitro benzene ring substituents is 1. The van der Waals surface area contributed by atoms with E-state index in [1.165, 1.54) is 30.5 Å². The SMILES string of the molecule is N#C/C(=C/N1CCN(c2ncccn2)CC1)C(=O)Nc1ccc([N+](=O)[O-])cc1. The molecule has 1 fully saturated rings. The molecule has 1 aromatic carbocycles. The molecular weight excluding hydrogens is 362 g/mol. The number of nitrogens with one attached hydrogen (secondary N) is 1. The Morgan fingerprint density at radius 1 is 1.18 bits per heavy atom. The molecule has 0 aliphatic carbocycles. The Balaban J connectivity index is 1.60. The van der Waals surface area contributed by atoms with E-state index in [4.69, 9.17) is 0 Å². The molecule has 28 heavy (non-hydrogen) atoms. The second kappa shape index (κ2) is 8.59. The van der Waals surface area contributed by atoms with Crippen molar-refractivity contribution in [1.82, 2.24) is 14.9 Å². The molecule has 2 aromatic rings. The van der Waals surface area contributed by atoms with Crippen molar-refractivity contribution in [2.45, 2.75) is 0 Å². The van der Waals surface area contributed by atoms with Crippen molar-refractivity contribution in [3.63, 3.8) is 0 Å². The lowest BCUT2D eigenvalue weighted by molar-refractivity contribution is -0.384. The molecule has 0 bridgehead atoms. The van der Waals surface area contributed by atoms with E-state index in [1.54, 1.807) is 18.5 Å². The Hall–Kier alpha value is -4.00. The molecule has 1 aliphatic rings. The number of carbonyl (C=O) groups is 1. The number of hydrogen-bond donors (Lipinski definition) is 1. The molecule has 0 saturated carbocycles. The Bertz CT molecular complexity index is 914. The number of nitro groups is 1. The minimum Gasteiger partial charge on any atom is -0.373 e. The van der Waals surface area contributed by atoms with Crippen LogP contribution < -0.4 is 10.2 Å². The molecule has 1 amide bonds. The number of rotatable bonds is 5. The Kier molecular flexibility index (Phi) is 5.76. The first kappa shape index (κ1) is 18.8. The predicted octanol–water partition coefficient (Wildman–Crippen LogP) is 1.55. The highest BCUT2D eigenvalue weighted by atomic mass is 16.6. The van der Waals surface area contributed by atoms with E-state index in [9.17, 15) is 20.2 Å². The lowest BCUT2D eigenvalue weighted by atomic mass is 10.2. The smallest absolute Gasteiger partial charge is 0.269 e. The van der Waals surface area contributed by atoms with E-state index >= 15 is 0 Å². The summed E-state index contributed by atoms with van der Waals surface area (Å²) in [5.74, 6) is 0.0905. The maximum atomic E-state index is 12.3. The fourth-order valence-corrected chi connectivity index (χ4v) is 2.69. The average Bonchev–Trinajstić information content (AvgIpc) is 2.73. The Morgan fingerprint density at radius 3 is 2.39 bits per heavy atom. The van der Waals surface area contributed by atoms with E-state index in [0.29, 0.717) is 37.8 Å². The highest BCUT2D eigenvalue weighted by Gasteiger charge is 2.19. The standard InChI is InChI=1S/C18H17N7O3/c19-12-14(17(26)22-15-2-4-16(5-3-15)25(27)28)13-23-8-10-24(11-9-23)18-20-6-1-7-21-18/h1-7,13H,8-11H2,(H,22,26)/b14-13-. The second-order valence-electron chi connectivity index (χ2n) is 5.98. The van der Waals surface area contributed by atoms with Crippen LogP contribution in [0.5, 0.6) is 0 Å². The summed E-state index contributed by atoms with van der Waals surface area (Å²) in [7, 11) is 0. The lowest BCUT2D eigenvalue weighted by Gasteiger charge is -2.34. The first-order valence-electron chi connectivity index (χ1n) is 8.50. The molecule has 1 aliphatic heterocycles. The average molecular weight is 379 g/mol. The van der Waals surface area contributed by atoms with Gasteiger partial charge in [0.05, 0.1) is 4.92 Å². The first-order chi connectivity index (χ1) is 13.6. The zero-order valence-electron chi connectivity index (χ0n) is 14.9. The van der Waals surface area contributed by atoms with E-state index in [0.717, 1.165) is 0 Å². The van der Waals surface area contributed by atoms with Crippen LogP contribution in [0.1, 0.15) is 0 Å². The second-order valence-corrected chi connectivity index (χ2v) is 5.98. The van der Waals surface area contributed by atoms with Crippen LogP contribution in [0, 0.1) is 21.4 Å². The highest BCUT2D eigenvalue weighted by molar-refractivity contribution is 6.06. The third kappa shape index (κ3) is 4.59. The summed E-state index contributed by atoms with van der Waals surface area (Å²) in [4.78, 5) is 34.9. The molecule has 3 rings (SSSR count). The van der Waals surface area contributed by atoms with Crippen LogP contribution in [-0.4, -0.2) is 51.9 Å². The van der Waals surface area contributed by atoms with Crippen molar-refractivity contribution in [1.29, 1.82) is 5.26 Å². The van der Waals surface area contributed by atoms with Gasteiger partial charge in [-0.1, -0.05) is 0 Å². The van der Waals surface area contributed by atoms with Crippen LogP contribution in [0.2, 0.25) is 0 Å². The highest BCUT2D eigenvalue weighted by Crippen LogP contribution is 2.16. The van der Waals surface area contributed by atoms with Crippen molar-refractivity contribution in [2.24, 2.45) is 0 Å². The van der Waals surface area contributed by atoms with Crippen molar-refractivity contribution in [3.8, 4) is 6.07 Å². The number of aromatic nitrogens is 2. The number of carbonyl (C=O) groups excluding carboxylic acids is 1. The molecule has 142 valence electrons. The van der Waals surface area contributed by atoms with E-state index in [2.05, 4.69) is 15.3 Å². The number of non-ortho nitro benzene ring substituents is 1. The third-order valence-corrected chi connectivity index (χ3v) is 4.16. The molecule has 10 nitrogen and oxygen atoms in total. The quantitative estimate of drug-likeness (QED) is 0.359. The summed E-state index contributed by atoms with van der Waals surface area (Å²) < 4.78 is 0. The molecule has 0 atom stereocenters. The van der Waals surface area contributed by atoms with Gasteiger partial charge in [0.25, 0.3) is 11.6 Å². The van der Waals surface area contributed by atoms with Crippen molar-refractivity contribution >= 4 is 23.2 Å². The zero-order chi connectivity index (χ0) is 19.9. The molecule has 2 heterocycles. The van der Waals surface area contributed by atoms with Gasteiger partial charge in [-0.25, -0.2) is 9.97 Å². The van der Waals surface area contributed by atoms with E-state index < -0.39 is 10.8 Å². The van der Waals surface area contributed by atoms with Gasteiger partial charge in [0.2, 0.25) is 5.95 Å². The summed E-state index contributed by atoms with van der Waals surface area (Å²) in [6, 6.07) is 9.07. The number of benzene rings is 1. The Morgan fingerprint density at radius 2 is 1.82 bits per heavy atom. The van der Waals surface area contributed by atoms with Crippen LogP contribution in [-0.2, 0) is 4.79 Å². The van der Waals surface area contributed by atoms with E-state index in [-0.39, 0.29) is 11.3 Å². The van der Waals surface area contributed by atoms with Crippen molar-refractivity contribution in [3.05, 3.63) is 64.6 Å². The van der Waals surface area contributed by atoms with Crippen LogP contribution >= 0.6 is 0 Å². The van der Waals surface area contributed by atoms with Gasteiger partial charge in [-0.05, 0) is 18.2 Å². The molecule has 0 radical (unpaired) electrons. The normalized spacial score (nSPS) is 14.3. The molecule has 1 aromatic heterocycles. The Labute approximate surface area is 160 Å². The summed E-state index contributed by atoms with van der Waals surface area (Å²) in [6.07, 6.45) is 4.90. The van der Waals surface area contributed by atoms with Crippen LogP contribution in [0.15, 0.2) is 54.5 Å². The predicted molar refractivity (Wildman–Crippen MR) is 101 cm³/mol. The van der Waals surface area contributed by atoms with Crippen LogP contribution in [0.3, 0.4) is 0 Å². The molecule has 1 N–H and O–H groups in total. The fourth-order valence-electron chi connectivity index (χ4n) is 2.69. The minimum absolute atomic E-state index is 0.0391. The zero-order valence-corrected chi connectivity index (χ0v) is 14.9. The van der Waals surface area contributed by atoms with Gasteiger partial charge in [0.15, 0.2) is 0 Å². The molecular formula is C18H17N7O3. The van der Waals surface area contributed by atoms with Crippen molar-refractivity contribution in [2.75, 3.05) is 36.4 Å². The fraction of sp³-hybridized carbons (Fsp3) is 0.222. The monoisotopic (exact) mass is 379 g/mol. The summed E-state index contributed by atoms with van der Waals surface area (Å²) in [5.41, 5.74) is 0.264. The number of amides is 1. The van der Waals surface area contributed by atoms with Gasteiger partial charge in [0, 0.05) is 62.6 Å². The van der Waals surface area contributed by atoms with Gasteiger partial charge in [-0.3, -0.25) is 14.9 Å². The number of hydrogen-bond acceptors (Lipinski definition) is 8. The maximum absolute atomic E-state index is 12.3. The lowest BCUT2D eigenvalue weighted by Crippen LogP contribution is -2.45. The maximum Gasteiger partial charge on any atom is 0.269 e. The molecule has 10 heteroatoms. The molecule has 0 unspecified atom stereocenters. The number of piperazine rings is 1. The summed E-state index contributed by atoms with van der Waals surface area (Å²) in [5, 5.41) is 22.6. The number of anilines is 2. The summed E-state index contributed by atoms with van der Waals surface area (Å²) in [6.45, 7) is 2.58. The van der Waals surface area contributed by atoms with Gasteiger partial charge in [0.1, 0.15) is 11.6 Å². The summed E-state index contributed by atoms with van der Waals surface area (Å²) >= 11 is 0. The molecule has 1 saturated heterocycles. The third-order valence-electron chi connectivity index (χ3n) is 4.16. The largest absolute Gasteiger partial charge is 0.373 e. The number of nitrogens with zero attached hydrogens (tertiary/aromatic N) is 6. The molecule has 0 spiro atoms. The van der Waals surface area contributed by atoms with Gasteiger partial charge < -0.3 is 15.1 Å².